The van der Waals surface area contributed by atoms with E-state index in [0.29, 0.717) is 16.5 Å². The molecule has 0 unspecified atom stereocenters. The van der Waals surface area contributed by atoms with Crippen molar-refractivity contribution in [2.75, 3.05) is 19.6 Å². The number of nitrogens with zero attached hydrogens (tertiary/aromatic N) is 2. The van der Waals surface area contributed by atoms with E-state index in [2.05, 4.69) is 9.64 Å². The molecular formula is C17H18F2N2O3. The Kier molecular flexibility index (Phi) is 3.32. The van der Waals surface area contributed by atoms with Crippen LogP contribution in [0, 0.1) is 0 Å². The van der Waals surface area contributed by atoms with Crippen LogP contribution in [-0.4, -0.2) is 46.8 Å². The maximum atomic E-state index is 12.5. The Labute approximate surface area is 137 Å². The van der Waals surface area contributed by atoms with Crippen molar-refractivity contribution in [3.8, 4) is 5.75 Å². The van der Waals surface area contributed by atoms with Crippen LogP contribution < -0.4 is 4.74 Å². The van der Waals surface area contributed by atoms with Crippen LogP contribution in [0.25, 0.3) is 10.9 Å². The number of hydrogen-bond donors (Lipinski definition) is 1. The molecule has 24 heavy (non-hydrogen) atoms. The molecule has 1 aromatic heterocycles. The number of aromatic nitrogens is 1. The fraction of sp³-hybridized carbons (Fsp3) is 0.471. The number of benzene rings is 1. The zero-order chi connectivity index (χ0) is 17.1. The van der Waals surface area contributed by atoms with E-state index < -0.39 is 12.6 Å². The third kappa shape index (κ3) is 2.11. The van der Waals surface area contributed by atoms with Gasteiger partial charge in [0, 0.05) is 36.2 Å². The zero-order valence-corrected chi connectivity index (χ0v) is 13.3. The van der Waals surface area contributed by atoms with Crippen molar-refractivity contribution in [3.05, 3.63) is 29.5 Å². The first kappa shape index (κ1) is 15.4. The zero-order valence-electron chi connectivity index (χ0n) is 13.3. The first-order valence-corrected chi connectivity index (χ1v) is 7.95. The van der Waals surface area contributed by atoms with Gasteiger partial charge in [0.05, 0.1) is 11.1 Å². The van der Waals surface area contributed by atoms with Crippen molar-refractivity contribution < 1.29 is 23.4 Å². The molecule has 0 saturated carbocycles. The molecule has 4 rings (SSSR count). The van der Waals surface area contributed by atoms with Crippen LogP contribution >= 0.6 is 0 Å². The first-order chi connectivity index (χ1) is 11.4. The summed E-state index contributed by atoms with van der Waals surface area (Å²) in [5, 5.41) is 10.4. The van der Waals surface area contributed by atoms with Crippen LogP contribution in [0.1, 0.15) is 28.9 Å². The second-order valence-corrected chi connectivity index (χ2v) is 6.70. The predicted molar refractivity (Wildman–Crippen MR) is 83.9 cm³/mol. The van der Waals surface area contributed by atoms with Gasteiger partial charge in [-0.3, -0.25) is 0 Å². The number of halogens is 2. The van der Waals surface area contributed by atoms with E-state index in [1.165, 1.54) is 12.1 Å². The maximum absolute atomic E-state index is 12.5. The maximum Gasteiger partial charge on any atom is 0.387 e. The minimum absolute atomic E-state index is 0.0403. The van der Waals surface area contributed by atoms with Crippen LogP contribution in [-0.2, 0) is 12.5 Å². The lowest BCUT2D eigenvalue weighted by Crippen LogP contribution is -2.29. The quantitative estimate of drug-likeness (QED) is 0.933. The Hall–Kier alpha value is -2.15. The molecule has 2 aromatic rings. The van der Waals surface area contributed by atoms with E-state index in [1.54, 1.807) is 6.07 Å². The van der Waals surface area contributed by atoms with Crippen molar-refractivity contribution in [3.63, 3.8) is 0 Å². The van der Waals surface area contributed by atoms with Gasteiger partial charge in [-0.15, -0.1) is 0 Å². The van der Waals surface area contributed by atoms with Gasteiger partial charge in [-0.05, 0) is 38.1 Å². The molecule has 2 saturated heterocycles. The second kappa shape index (κ2) is 5.17. The minimum Gasteiger partial charge on any atom is -0.478 e. The van der Waals surface area contributed by atoms with Crippen LogP contribution in [0.4, 0.5) is 8.78 Å². The Bertz CT molecular complexity index is 823. The number of hydrogen-bond acceptors (Lipinski definition) is 3. The van der Waals surface area contributed by atoms with Gasteiger partial charge >= 0.3 is 12.6 Å². The SMILES string of the molecule is Cn1c(C23CCN(CC2)C3)c(C(=O)O)c2ccc(OC(F)F)cc21. The molecule has 3 heterocycles. The number of fused-ring (bicyclic) bond motifs is 3. The summed E-state index contributed by atoms with van der Waals surface area (Å²) in [6.45, 7) is -0.101. The molecule has 5 nitrogen and oxygen atoms in total. The number of carboxylic acid groups (broad SMARTS) is 1. The van der Waals surface area contributed by atoms with Crippen LogP contribution in [0.3, 0.4) is 0 Å². The summed E-state index contributed by atoms with van der Waals surface area (Å²) in [5.74, 6) is -0.934. The average Bonchev–Trinajstić information content (AvgIpc) is 3.19. The van der Waals surface area contributed by atoms with Crippen molar-refractivity contribution in [1.29, 1.82) is 0 Å². The number of carboxylic acids is 1. The number of ether oxygens (including phenoxy) is 1. The van der Waals surface area contributed by atoms with Gasteiger partial charge in [-0.2, -0.15) is 8.78 Å². The van der Waals surface area contributed by atoms with Crippen molar-refractivity contribution in [2.24, 2.45) is 7.05 Å². The third-order valence-electron chi connectivity index (χ3n) is 5.45. The number of carbonyl (C=O) groups is 1. The van der Waals surface area contributed by atoms with E-state index >= 15 is 0 Å². The highest BCUT2D eigenvalue weighted by atomic mass is 19.3. The lowest BCUT2D eigenvalue weighted by Gasteiger charge is -2.27. The largest absolute Gasteiger partial charge is 0.478 e. The van der Waals surface area contributed by atoms with Gasteiger partial charge in [0.1, 0.15) is 5.75 Å². The van der Waals surface area contributed by atoms with Gasteiger partial charge in [0.2, 0.25) is 0 Å². The summed E-state index contributed by atoms with van der Waals surface area (Å²) < 4.78 is 31.3. The van der Waals surface area contributed by atoms with Crippen molar-refractivity contribution in [2.45, 2.75) is 24.9 Å². The predicted octanol–water partition coefficient (Wildman–Crippen LogP) is 2.83. The number of alkyl halides is 2. The number of rotatable bonds is 4. The van der Waals surface area contributed by atoms with Crippen LogP contribution in [0.2, 0.25) is 0 Å². The van der Waals surface area contributed by atoms with Crippen molar-refractivity contribution >= 4 is 16.9 Å². The van der Waals surface area contributed by atoms with Gasteiger partial charge in [0.15, 0.2) is 0 Å². The van der Waals surface area contributed by atoms with E-state index in [0.717, 1.165) is 38.2 Å². The molecule has 0 amide bonds. The summed E-state index contributed by atoms with van der Waals surface area (Å²) in [6, 6.07) is 4.46. The highest BCUT2D eigenvalue weighted by molar-refractivity contribution is 6.06. The smallest absolute Gasteiger partial charge is 0.387 e. The van der Waals surface area contributed by atoms with Gasteiger partial charge in [0.25, 0.3) is 0 Å². The summed E-state index contributed by atoms with van der Waals surface area (Å²) in [6.07, 6.45) is 1.86. The molecule has 2 bridgehead atoms. The van der Waals surface area contributed by atoms with Gasteiger partial charge in [-0.25, -0.2) is 4.79 Å². The summed E-state index contributed by atoms with van der Waals surface area (Å²) in [4.78, 5) is 14.3. The molecule has 0 aliphatic carbocycles. The lowest BCUT2D eigenvalue weighted by atomic mass is 9.79. The van der Waals surface area contributed by atoms with E-state index in [9.17, 15) is 18.7 Å². The molecule has 0 spiro atoms. The van der Waals surface area contributed by atoms with Gasteiger partial charge < -0.3 is 19.3 Å². The molecule has 0 atom stereocenters. The molecule has 128 valence electrons. The highest BCUT2D eigenvalue weighted by Crippen LogP contribution is 2.46. The van der Waals surface area contributed by atoms with Gasteiger partial charge in [-0.1, -0.05) is 0 Å². The summed E-state index contributed by atoms with van der Waals surface area (Å²) in [7, 11) is 1.81. The Morgan fingerprint density at radius 1 is 1.33 bits per heavy atom. The summed E-state index contributed by atoms with van der Waals surface area (Å²) >= 11 is 0. The molecule has 2 fully saturated rings. The number of piperidine rings is 1. The first-order valence-electron chi connectivity index (χ1n) is 7.95. The normalized spacial score (nSPS) is 25.8. The molecule has 1 N–H and O–H groups in total. The van der Waals surface area contributed by atoms with Crippen molar-refractivity contribution in [1.82, 2.24) is 9.47 Å². The Balaban J connectivity index is 1.94. The standard InChI is InChI=1S/C17H18F2N2O3/c1-20-12-8-10(24-16(18)19)2-3-11(12)13(15(22)23)14(20)17-4-6-21(9-17)7-5-17/h2-3,8,16H,4-7,9H2,1H3,(H,22,23). The number of aromatic carboxylic acids is 1. The third-order valence-corrected chi connectivity index (χ3v) is 5.45. The number of aryl methyl sites for hydroxylation is 1. The Morgan fingerprint density at radius 3 is 2.58 bits per heavy atom. The average molecular weight is 336 g/mol. The molecule has 2 aliphatic rings. The van der Waals surface area contributed by atoms with Crippen LogP contribution in [0.5, 0.6) is 5.75 Å². The highest BCUT2D eigenvalue weighted by Gasteiger charge is 2.48. The molecular weight excluding hydrogens is 318 g/mol. The molecule has 7 heteroatoms. The molecule has 1 aromatic carbocycles. The minimum atomic E-state index is -2.90. The fourth-order valence-corrected chi connectivity index (χ4v) is 4.47. The molecule has 0 radical (unpaired) electrons. The molecule has 2 aliphatic heterocycles. The van der Waals surface area contributed by atoms with E-state index in [4.69, 9.17) is 0 Å². The summed E-state index contributed by atoms with van der Waals surface area (Å²) in [5.41, 5.74) is 1.55. The lowest BCUT2D eigenvalue weighted by molar-refractivity contribution is -0.0497. The van der Waals surface area contributed by atoms with E-state index in [-0.39, 0.29) is 11.2 Å². The van der Waals surface area contributed by atoms with E-state index in [1.807, 2.05) is 11.6 Å². The Morgan fingerprint density at radius 2 is 2.04 bits per heavy atom. The topological polar surface area (TPSA) is 54.7 Å². The second-order valence-electron chi connectivity index (χ2n) is 6.70. The fourth-order valence-electron chi connectivity index (χ4n) is 4.47. The monoisotopic (exact) mass is 336 g/mol. The van der Waals surface area contributed by atoms with Crippen LogP contribution in [0.15, 0.2) is 18.2 Å².